The van der Waals surface area contributed by atoms with Crippen molar-refractivity contribution in [3.05, 3.63) is 45.3 Å². The minimum atomic E-state index is 0.554. The van der Waals surface area contributed by atoms with Gasteiger partial charge in [0.25, 0.3) is 0 Å². The Hall–Kier alpha value is -1.31. The van der Waals surface area contributed by atoms with E-state index in [-0.39, 0.29) is 0 Å². The van der Waals surface area contributed by atoms with E-state index in [1.54, 1.807) is 17.8 Å². The third-order valence-electron chi connectivity index (χ3n) is 3.12. The summed E-state index contributed by atoms with van der Waals surface area (Å²) >= 11 is 10.9. The fourth-order valence-corrected chi connectivity index (χ4v) is 3.77. The van der Waals surface area contributed by atoms with Crippen molar-refractivity contribution in [1.29, 1.82) is 0 Å². The Morgan fingerprint density at radius 3 is 2.87 bits per heavy atom. The number of aryl methyl sites for hydroxylation is 2. The van der Waals surface area contributed by atoms with Gasteiger partial charge in [0.1, 0.15) is 11.6 Å². The lowest BCUT2D eigenvalue weighted by atomic mass is 10.3. The third kappa shape index (κ3) is 3.79. The summed E-state index contributed by atoms with van der Waals surface area (Å²) in [5.41, 5.74) is 1.76. The first kappa shape index (κ1) is 16.5. The maximum atomic E-state index is 5.91. The highest BCUT2D eigenvalue weighted by Crippen LogP contribution is 2.28. The van der Waals surface area contributed by atoms with E-state index in [0.717, 1.165) is 38.3 Å². The number of ether oxygens (including phenoxy) is 1. The zero-order valence-electron chi connectivity index (χ0n) is 12.6. The molecule has 0 aliphatic carbocycles. The molecule has 8 heteroatoms. The Bertz CT molecular complexity index is 855. The van der Waals surface area contributed by atoms with E-state index in [4.69, 9.17) is 16.3 Å². The predicted octanol–water partition coefficient (Wildman–Crippen LogP) is 4.33. The summed E-state index contributed by atoms with van der Waals surface area (Å²) in [5.74, 6) is 2.41. The number of nitrogens with zero attached hydrogens (tertiary/aromatic N) is 4. The molecule has 0 aliphatic rings. The van der Waals surface area contributed by atoms with Crippen LogP contribution in [-0.2, 0) is 0 Å². The highest BCUT2D eigenvalue weighted by atomic mass is 79.9. The molecule has 1 aromatic carbocycles. The van der Waals surface area contributed by atoms with Crippen molar-refractivity contribution < 1.29 is 4.74 Å². The normalized spacial score (nSPS) is 11.1. The first-order chi connectivity index (χ1) is 11.0. The van der Waals surface area contributed by atoms with Crippen molar-refractivity contribution in [2.45, 2.75) is 19.0 Å². The lowest BCUT2D eigenvalue weighted by Gasteiger charge is -2.08. The quantitative estimate of drug-likeness (QED) is 0.460. The number of aromatic nitrogens is 4. The van der Waals surface area contributed by atoms with Gasteiger partial charge in [-0.3, -0.25) is 4.40 Å². The Kier molecular flexibility index (Phi) is 5.08. The van der Waals surface area contributed by atoms with Gasteiger partial charge in [-0.05, 0) is 48.0 Å². The van der Waals surface area contributed by atoms with Gasteiger partial charge in [-0.15, -0.1) is 10.2 Å². The standard InChI is InChI=1S/C15H14BrClN4OS/c1-9-7-14-19-20-15(21(14)10(2)18-9)23-6-5-22-13-4-3-11(17)8-12(13)16/h3-4,7-8H,5-6H2,1-2H3. The minimum absolute atomic E-state index is 0.554. The van der Waals surface area contributed by atoms with Crippen LogP contribution in [0.3, 0.4) is 0 Å². The average Bonchev–Trinajstić information content (AvgIpc) is 2.88. The summed E-state index contributed by atoms with van der Waals surface area (Å²) in [6.45, 7) is 4.46. The first-order valence-electron chi connectivity index (χ1n) is 6.94. The molecular formula is C15H14BrClN4OS. The molecule has 2 aromatic heterocycles. The summed E-state index contributed by atoms with van der Waals surface area (Å²) in [4.78, 5) is 4.45. The van der Waals surface area contributed by atoms with Crippen molar-refractivity contribution in [1.82, 2.24) is 19.6 Å². The van der Waals surface area contributed by atoms with Crippen LogP contribution in [-0.4, -0.2) is 31.9 Å². The Labute approximate surface area is 151 Å². The number of halogens is 2. The van der Waals surface area contributed by atoms with Gasteiger partial charge < -0.3 is 4.74 Å². The average molecular weight is 414 g/mol. The van der Waals surface area contributed by atoms with Gasteiger partial charge in [-0.2, -0.15) is 0 Å². The molecule has 0 unspecified atom stereocenters. The van der Waals surface area contributed by atoms with E-state index in [2.05, 4.69) is 31.1 Å². The zero-order chi connectivity index (χ0) is 16.4. The first-order valence-corrected chi connectivity index (χ1v) is 9.10. The minimum Gasteiger partial charge on any atom is -0.492 e. The van der Waals surface area contributed by atoms with Gasteiger partial charge in [0.15, 0.2) is 10.8 Å². The lowest BCUT2D eigenvalue weighted by molar-refractivity contribution is 0.341. The molecule has 0 fully saturated rings. The van der Waals surface area contributed by atoms with Crippen molar-refractivity contribution >= 4 is 44.9 Å². The largest absolute Gasteiger partial charge is 0.492 e. The summed E-state index contributed by atoms with van der Waals surface area (Å²) in [7, 11) is 0. The molecule has 120 valence electrons. The highest BCUT2D eigenvalue weighted by Gasteiger charge is 2.10. The maximum absolute atomic E-state index is 5.91. The molecular weight excluding hydrogens is 400 g/mol. The smallest absolute Gasteiger partial charge is 0.197 e. The summed E-state index contributed by atoms with van der Waals surface area (Å²) < 4.78 is 8.55. The molecule has 3 rings (SSSR count). The second kappa shape index (κ2) is 7.07. The van der Waals surface area contributed by atoms with E-state index in [0.29, 0.717) is 11.6 Å². The molecule has 0 radical (unpaired) electrons. The Morgan fingerprint density at radius 1 is 1.26 bits per heavy atom. The Morgan fingerprint density at radius 2 is 2.09 bits per heavy atom. The molecule has 23 heavy (non-hydrogen) atoms. The van der Waals surface area contributed by atoms with Gasteiger partial charge in [-0.1, -0.05) is 23.4 Å². The van der Waals surface area contributed by atoms with Gasteiger partial charge in [0.05, 0.1) is 11.1 Å². The van der Waals surface area contributed by atoms with Gasteiger partial charge in [-0.25, -0.2) is 4.98 Å². The number of fused-ring (bicyclic) bond motifs is 1. The summed E-state index contributed by atoms with van der Waals surface area (Å²) in [5, 5.41) is 9.91. The van der Waals surface area contributed by atoms with Crippen LogP contribution < -0.4 is 4.74 Å². The van der Waals surface area contributed by atoms with Crippen molar-refractivity contribution in [2.24, 2.45) is 0 Å². The highest BCUT2D eigenvalue weighted by molar-refractivity contribution is 9.10. The topological polar surface area (TPSA) is 52.3 Å². The molecule has 0 bridgehead atoms. The van der Waals surface area contributed by atoms with E-state index >= 15 is 0 Å². The van der Waals surface area contributed by atoms with Gasteiger partial charge >= 0.3 is 0 Å². The number of thioether (sulfide) groups is 1. The second-order valence-electron chi connectivity index (χ2n) is 4.89. The molecule has 3 aromatic rings. The van der Waals surface area contributed by atoms with Crippen LogP contribution in [0.15, 0.2) is 33.9 Å². The van der Waals surface area contributed by atoms with Crippen LogP contribution in [0.2, 0.25) is 5.02 Å². The zero-order valence-corrected chi connectivity index (χ0v) is 15.7. The van der Waals surface area contributed by atoms with E-state index < -0.39 is 0 Å². The second-order valence-corrected chi connectivity index (χ2v) is 7.25. The van der Waals surface area contributed by atoms with Crippen LogP contribution >= 0.6 is 39.3 Å². The maximum Gasteiger partial charge on any atom is 0.197 e. The molecule has 5 nitrogen and oxygen atoms in total. The van der Waals surface area contributed by atoms with Crippen LogP contribution in [0, 0.1) is 13.8 Å². The van der Waals surface area contributed by atoms with E-state index in [1.165, 1.54) is 0 Å². The van der Waals surface area contributed by atoms with Gasteiger partial charge in [0, 0.05) is 22.5 Å². The van der Waals surface area contributed by atoms with Crippen molar-refractivity contribution in [3.63, 3.8) is 0 Å². The molecule has 0 saturated carbocycles. The van der Waals surface area contributed by atoms with Gasteiger partial charge in [0.2, 0.25) is 0 Å². The van der Waals surface area contributed by atoms with Crippen molar-refractivity contribution in [2.75, 3.05) is 12.4 Å². The SMILES string of the molecule is Cc1cc2nnc(SCCOc3ccc(Cl)cc3Br)n2c(C)n1. The number of rotatable bonds is 5. The lowest BCUT2D eigenvalue weighted by Crippen LogP contribution is -2.03. The van der Waals surface area contributed by atoms with Crippen LogP contribution in [0.25, 0.3) is 5.65 Å². The summed E-state index contributed by atoms with van der Waals surface area (Å²) in [6, 6.07) is 7.39. The van der Waals surface area contributed by atoms with Crippen LogP contribution in [0.4, 0.5) is 0 Å². The van der Waals surface area contributed by atoms with Crippen LogP contribution in [0.5, 0.6) is 5.75 Å². The fraction of sp³-hybridized carbons (Fsp3) is 0.267. The molecule has 0 saturated heterocycles. The molecule has 0 aliphatic heterocycles. The number of hydrogen-bond acceptors (Lipinski definition) is 5. The molecule has 0 N–H and O–H groups in total. The molecule has 2 heterocycles. The molecule has 0 amide bonds. The summed E-state index contributed by atoms with van der Waals surface area (Å²) in [6.07, 6.45) is 0. The molecule has 0 spiro atoms. The number of benzene rings is 1. The van der Waals surface area contributed by atoms with E-state index in [1.807, 2.05) is 36.4 Å². The van der Waals surface area contributed by atoms with Crippen molar-refractivity contribution in [3.8, 4) is 5.75 Å². The van der Waals surface area contributed by atoms with E-state index in [9.17, 15) is 0 Å². The predicted molar refractivity (Wildman–Crippen MR) is 95.6 cm³/mol. The third-order valence-corrected chi connectivity index (χ3v) is 4.87. The molecule has 0 atom stereocenters. The number of hydrogen-bond donors (Lipinski definition) is 0. The van der Waals surface area contributed by atoms with Crippen LogP contribution in [0.1, 0.15) is 11.5 Å². The fourth-order valence-electron chi connectivity index (χ4n) is 2.17. The monoisotopic (exact) mass is 412 g/mol. The Balaban J connectivity index is 1.63.